The van der Waals surface area contributed by atoms with Crippen LogP contribution in [0, 0.1) is 11.8 Å². The van der Waals surface area contributed by atoms with Crippen LogP contribution in [0.25, 0.3) is 0 Å². The molecule has 4 aliphatic rings. The molecule has 0 bridgehead atoms. The molecular weight excluding hydrogens is 833 g/mol. The second-order valence-electron chi connectivity index (χ2n) is 17.0. The van der Waals surface area contributed by atoms with E-state index >= 15 is 0 Å². The molecule has 8 rings (SSSR count). The van der Waals surface area contributed by atoms with Crippen LogP contribution in [0.2, 0.25) is 0 Å². The third-order valence-electron chi connectivity index (χ3n) is 12.2. The zero-order valence-electron chi connectivity index (χ0n) is 37.8. The average molecular weight is 891 g/mol. The maximum absolute atomic E-state index is 10.3. The lowest BCUT2D eigenvalue weighted by atomic mass is 9.84. The highest BCUT2D eigenvalue weighted by Crippen LogP contribution is 2.55. The van der Waals surface area contributed by atoms with E-state index in [0.717, 1.165) is 22.3 Å². The van der Waals surface area contributed by atoms with Crippen molar-refractivity contribution in [2.45, 2.75) is 75.9 Å². The van der Waals surface area contributed by atoms with Gasteiger partial charge in [0.25, 0.3) is 0 Å². The number of aromatic hydroxyl groups is 2. The number of hydrogen-bond acceptors (Lipinski definition) is 16. The van der Waals surface area contributed by atoms with Gasteiger partial charge in [0.1, 0.15) is 12.2 Å². The highest BCUT2D eigenvalue weighted by molar-refractivity contribution is 5.56. The Bertz CT molecular complexity index is 2080. The van der Waals surface area contributed by atoms with Crippen LogP contribution in [0.1, 0.15) is 74.4 Å². The normalized spacial score (nSPS) is 27.0. The van der Waals surface area contributed by atoms with Gasteiger partial charge in [-0.3, -0.25) is 0 Å². The first-order chi connectivity index (χ1) is 30.7. The topological polar surface area (TPSA) is 170 Å². The quantitative estimate of drug-likeness (QED) is 0.126. The van der Waals surface area contributed by atoms with Crippen molar-refractivity contribution in [2.75, 3.05) is 69.1 Å². The molecule has 4 saturated heterocycles. The molecule has 0 aromatic heterocycles. The molecule has 4 aromatic carbocycles. The minimum atomic E-state index is -0.899. The van der Waals surface area contributed by atoms with Crippen LogP contribution in [-0.2, 0) is 28.4 Å². The number of ether oxygens (including phenoxy) is 14. The Kier molecular flexibility index (Phi) is 12.9. The van der Waals surface area contributed by atoms with Gasteiger partial charge in [0, 0.05) is 11.8 Å². The van der Waals surface area contributed by atoms with Crippen LogP contribution in [0.4, 0.5) is 0 Å². The van der Waals surface area contributed by atoms with Gasteiger partial charge in [-0.05, 0) is 98.5 Å². The van der Waals surface area contributed by atoms with Crippen LogP contribution in [0.15, 0.2) is 60.7 Å². The molecule has 8 atom stereocenters. The van der Waals surface area contributed by atoms with Crippen LogP contribution in [0.5, 0.6) is 57.5 Å². The second kappa shape index (κ2) is 18.3. The standard InChI is InChI=1S/C48H58O16/c1-47(2)59-23-39(43(63-47)25-11-13-31(49)33(15-25)51-5)61-45-35(53-7)17-27(18-36(45)54-8)41-29-21-58-42(30(29)22-57-41)28-19-37(55-9)46(38(20-28)56-10)62-40-24-60-48(3,4)64-44(40)26-12-14-32(50)34(16-26)52-6/h11-20,29-30,39-44,49-50H,21-24H2,1-10H3/t29-,30-,39+,40+,41+,42+,43-,44+/m1/s1. The molecule has 0 radical (unpaired) electrons. The molecule has 346 valence electrons. The van der Waals surface area contributed by atoms with Gasteiger partial charge in [-0.15, -0.1) is 0 Å². The van der Waals surface area contributed by atoms with E-state index in [-0.39, 0.29) is 48.8 Å². The van der Waals surface area contributed by atoms with E-state index in [1.54, 1.807) is 64.8 Å². The summed E-state index contributed by atoms with van der Waals surface area (Å²) in [6, 6.07) is 17.8. The second-order valence-corrected chi connectivity index (χ2v) is 17.0. The molecular formula is C48H58O16. The van der Waals surface area contributed by atoms with Gasteiger partial charge in [-0.25, -0.2) is 0 Å². The van der Waals surface area contributed by atoms with Gasteiger partial charge in [0.05, 0.1) is 81.3 Å². The minimum Gasteiger partial charge on any atom is -0.504 e. The Morgan fingerprint density at radius 2 is 0.766 bits per heavy atom. The van der Waals surface area contributed by atoms with Gasteiger partial charge in [-0.2, -0.15) is 0 Å². The number of phenolic OH excluding ortho intramolecular Hbond substituents is 2. The Balaban J connectivity index is 1.03. The number of rotatable bonds is 14. The predicted octanol–water partition coefficient (Wildman–Crippen LogP) is 7.77. The van der Waals surface area contributed by atoms with Crippen molar-refractivity contribution in [3.63, 3.8) is 0 Å². The predicted molar refractivity (Wildman–Crippen MR) is 229 cm³/mol. The monoisotopic (exact) mass is 890 g/mol. The Labute approximate surface area is 373 Å². The molecule has 0 spiro atoms. The van der Waals surface area contributed by atoms with Crippen LogP contribution in [-0.4, -0.2) is 103 Å². The number of fused-ring (bicyclic) bond motifs is 1. The molecule has 4 aromatic rings. The molecule has 2 N–H and O–H groups in total. The fourth-order valence-corrected chi connectivity index (χ4v) is 8.97. The molecule has 0 unspecified atom stereocenters. The van der Waals surface area contributed by atoms with Crippen LogP contribution >= 0.6 is 0 Å². The molecule has 64 heavy (non-hydrogen) atoms. The van der Waals surface area contributed by atoms with Crippen molar-refractivity contribution >= 4 is 0 Å². The fraction of sp³-hybridized carbons (Fsp3) is 0.500. The molecule has 0 aliphatic carbocycles. The first kappa shape index (κ1) is 45.2. The third-order valence-corrected chi connectivity index (χ3v) is 12.2. The van der Waals surface area contributed by atoms with E-state index < -0.39 is 36.0 Å². The summed E-state index contributed by atoms with van der Waals surface area (Å²) in [6.07, 6.45) is -3.12. The van der Waals surface area contributed by atoms with E-state index in [2.05, 4.69) is 0 Å². The molecule has 4 fully saturated rings. The number of benzene rings is 4. The van der Waals surface area contributed by atoms with Crippen LogP contribution in [0.3, 0.4) is 0 Å². The lowest BCUT2D eigenvalue weighted by molar-refractivity contribution is -0.303. The van der Waals surface area contributed by atoms with Crippen molar-refractivity contribution in [3.05, 3.63) is 82.9 Å². The zero-order valence-corrected chi connectivity index (χ0v) is 37.8. The van der Waals surface area contributed by atoms with Gasteiger partial charge in [-0.1, -0.05) is 12.1 Å². The van der Waals surface area contributed by atoms with Crippen molar-refractivity contribution in [1.29, 1.82) is 0 Å². The zero-order chi connectivity index (χ0) is 45.5. The van der Waals surface area contributed by atoms with Crippen molar-refractivity contribution < 1.29 is 76.5 Å². The highest BCUT2D eigenvalue weighted by Gasteiger charge is 2.49. The minimum absolute atomic E-state index is 0.0148. The first-order valence-corrected chi connectivity index (χ1v) is 21.2. The van der Waals surface area contributed by atoms with Gasteiger partial charge < -0.3 is 76.5 Å². The Morgan fingerprint density at radius 1 is 0.438 bits per heavy atom. The van der Waals surface area contributed by atoms with Crippen LogP contribution < -0.4 is 37.9 Å². The summed E-state index contributed by atoms with van der Waals surface area (Å²) < 4.78 is 85.9. The molecule has 4 heterocycles. The van der Waals surface area contributed by atoms with E-state index in [9.17, 15) is 10.2 Å². The first-order valence-electron chi connectivity index (χ1n) is 21.2. The summed E-state index contributed by atoms with van der Waals surface area (Å²) in [7, 11) is 9.29. The van der Waals surface area contributed by atoms with Crippen molar-refractivity contribution in [2.24, 2.45) is 11.8 Å². The molecule has 0 saturated carbocycles. The maximum atomic E-state index is 10.3. The summed E-state index contributed by atoms with van der Waals surface area (Å²) in [4.78, 5) is 0. The van der Waals surface area contributed by atoms with Crippen molar-refractivity contribution in [1.82, 2.24) is 0 Å². The fourth-order valence-electron chi connectivity index (χ4n) is 8.97. The summed E-state index contributed by atoms with van der Waals surface area (Å²) in [5.74, 6) is 1.35. The molecule has 16 heteroatoms. The average Bonchev–Trinajstić information content (AvgIpc) is 3.91. The summed E-state index contributed by atoms with van der Waals surface area (Å²) in [5.41, 5.74) is 3.16. The summed E-state index contributed by atoms with van der Waals surface area (Å²) >= 11 is 0. The van der Waals surface area contributed by atoms with Gasteiger partial charge >= 0.3 is 0 Å². The van der Waals surface area contributed by atoms with E-state index in [1.165, 1.54) is 14.2 Å². The van der Waals surface area contributed by atoms with Crippen molar-refractivity contribution in [3.8, 4) is 57.5 Å². The summed E-state index contributed by atoms with van der Waals surface area (Å²) in [6.45, 7) is 8.61. The number of phenols is 2. The number of methoxy groups -OCH3 is 6. The molecule has 0 amide bonds. The summed E-state index contributed by atoms with van der Waals surface area (Å²) in [5, 5.41) is 20.6. The maximum Gasteiger partial charge on any atom is 0.204 e. The van der Waals surface area contributed by atoms with E-state index in [1.807, 2.05) is 52.0 Å². The SMILES string of the molecule is COc1cc([C@H]2OC(C)(C)OC[C@@H]2Oc2c(OC)cc([C@@H]3OC[C@@H]4[C@H]3CO[C@H]4c3cc(OC)c(O[C@H]4COC(C)(C)O[C@H]4c4ccc(O)c(OC)c4)c(OC)c3)cc2OC)ccc1O. The third kappa shape index (κ3) is 8.87. The Hall–Kier alpha value is -5.36. The number of hydrogen-bond donors (Lipinski definition) is 2. The Morgan fingerprint density at radius 3 is 1.09 bits per heavy atom. The van der Waals surface area contributed by atoms with E-state index in [0.29, 0.717) is 59.2 Å². The van der Waals surface area contributed by atoms with Gasteiger partial charge in [0.15, 0.2) is 69.8 Å². The lowest BCUT2D eigenvalue weighted by Gasteiger charge is -2.41. The lowest BCUT2D eigenvalue weighted by Crippen LogP contribution is -2.46. The van der Waals surface area contributed by atoms with E-state index in [4.69, 9.17) is 66.3 Å². The smallest absolute Gasteiger partial charge is 0.204 e. The molecule has 16 nitrogen and oxygen atoms in total. The molecule has 4 aliphatic heterocycles. The van der Waals surface area contributed by atoms with Gasteiger partial charge in [0.2, 0.25) is 11.5 Å². The largest absolute Gasteiger partial charge is 0.504 e. The highest BCUT2D eigenvalue weighted by atomic mass is 16.7.